The van der Waals surface area contributed by atoms with Crippen LogP contribution in [0.2, 0.25) is 10.0 Å². The number of Topliss-reactive ketones (excluding diaryl/α,β-unsaturated/α-hetero) is 1. The minimum atomic E-state index is -1.13. The molecule has 0 aliphatic carbocycles. The molecular formula is C27H19Cl2NO5S2. The van der Waals surface area contributed by atoms with Crippen molar-refractivity contribution in [2.45, 2.75) is 12.5 Å². The number of thioether (sulfide) groups is 1. The van der Waals surface area contributed by atoms with E-state index >= 15 is 0 Å². The van der Waals surface area contributed by atoms with E-state index in [0.29, 0.717) is 26.8 Å². The van der Waals surface area contributed by atoms with Crippen molar-refractivity contribution >= 4 is 75.2 Å². The molecule has 0 unspecified atom stereocenters. The number of carbonyl (C=O) groups excluding carboxylic acids is 2. The van der Waals surface area contributed by atoms with Gasteiger partial charge in [-0.3, -0.25) is 14.5 Å². The summed E-state index contributed by atoms with van der Waals surface area (Å²) in [6.45, 7) is -0.211. The molecule has 1 fully saturated rings. The fraction of sp³-hybridized carbons (Fsp3) is 0.111. The first kappa shape index (κ1) is 26.9. The zero-order chi connectivity index (χ0) is 26.5. The van der Waals surface area contributed by atoms with E-state index in [4.69, 9.17) is 40.2 Å². The summed E-state index contributed by atoms with van der Waals surface area (Å²) in [7, 11) is 0. The van der Waals surface area contributed by atoms with Crippen LogP contribution >= 0.6 is 47.2 Å². The third-order valence-corrected chi connectivity index (χ3v) is 7.35. The van der Waals surface area contributed by atoms with Gasteiger partial charge in [0, 0.05) is 17.0 Å². The number of carboxylic acids is 1. The number of nitrogens with zero attached hydrogens (tertiary/aromatic N) is 1. The minimum Gasteiger partial charge on any atom is -0.485 e. The Balaban J connectivity index is 1.42. The molecule has 6 nitrogen and oxygen atoms in total. The highest BCUT2D eigenvalue weighted by Crippen LogP contribution is 2.35. The fourth-order valence-electron chi connectivity index (χ4n) is 3.63. The second-order valence-electron chi connectivity index (χ2n) is 8.00. The largest absolute Gasteiger partial charge is 0.485 e. The summed E-state index contributed by atoms with van der Waals surface area (Å²) in [6.07, 6.45) is 1.78. The van der Waals surface area contributed by atoms with Gasteiger partial charge < -0.3 is 9.84 Å². The average molecular weight is 572 g/mol. The van der Waals surface area contributed by atoms with Gasteiger partial charge in [0.25, 0.3) is 5.91 Å². The van der Waals surface area contributed by atoms with Crippen molar-refractivity contribution in [1.29, 1.82) is 0 Å². The number of hydrogen-bond acceptors (Lipinski definition) is 6. The number of carboxylic acid groups (broad SMARTS) is 1. The van der Waals surface area contributed by atoms with Gasteiger partial charge in [-0.1, -0.05) is 89.6 Å². The Bertz CT molecular complexity index is 1390. The van der Waals surface area contributed by atoms with Gasteiger partial charge in [0.15, 0.2) is 6.61 Å². The number of ketones is 1. The molecule has 0 saturated carbocycles. The molecule has 0 aromatic heterocycles. The molecule has 37 heavy (non-hydrogen) atoms. The highest BCUT2D eigenvalue weighted by atomic mass is 35.5. The summed E-state index contributed by atoms with van der Waals surface area (Å²) >= 11 is 18.4. The maximum atomic E-state index is 13.1. The maximum absolute atomic E-state index is 13.1. The molecule has 4 rings (SSSR count). The van der Waals surface area contributed by atoms with Gasteiger partial charge in [0.05, 0.1) is 9.93 Å². The molecule has 1 atom stereocenters. The summed E-state index contributed by atoms with van der Waals surface area (Å²) in [6, 6.07) is 19.4. The summed E-state index contributed by atoms with van der Waals surface area (Å²) in [5.41, 5.74) is 1.80. The lowest BCUT2D eigenvalue weighted by Gasteiger charge is -2.23. The number of aliphatic carboxylic acids is 1. The third kappa shape index (κ3) is 6.59. The van der Waals surface area contributed by atoms with Crippen molar-refractivity contribution in [3.63, 3.8) is 0 Å². The number of carbonyl (C=O) groups is 3. The van der Waals surface area contributed by atoms with Crippen molar-refractivity contribution in [2.75, 3.05) is 6.61 Å². The van der Waals surface area contributed by atoms with Gasteiger partial charge in [0.1, 0.15) is 16.1 Å². The number of benzene rings is 3. The highest BCUT2D eigenvalue weighted by Gasteiger charge is 2.40. The first-order valence-corrected chi connectivity index (χ1v) is 13.0. The van der Waals surface area contributed by atoms with Crippen LogP contribution in [-0.4, -0.2) is 44.6 Å². The number of ether oxygens (including phenoxy) is 1. The molecule has 3 aromatic carbocycles. The minimum absolute atomic E-state index is 0.141. The summed E-state index contributed by atoms with van der Waals surface area (Å²) in [4.78, 5) is 39.0. The Morgan fingerprint density at radius 3 is 2.41 bits per heavy atom. The Morgan fingerprint density at radius 1 is 1.05 bits per heavy atom. The Hall–Kier alpha value is -3.17. The van der Waals surface area contributed by atoms with E-state index in [0.717, 1.165) is 22.2 Å². The summed E-state index contributed by atoms with van der Waals surface area (Å²) in [5.74, 6) is -1.42. The third-order valence-electron chi connectivity index (χ3n) is 5.47. The molecule has 0 spiro atoms. The number of hydrogen-bond donors (Lipinski definition) is 1. The SMILES string of the molecule is O=C(COc1ccc(/C=C2\SC(=S)N([C@@H](Cc3ccccc3)C(=O)O)C2=O)cc1)c1ccc(Cl)cc1Cl. The molecule has 1 saturated heterocycles. The second-order valence-corrected chi connectivity index (χ2v) is 10.5. The predicted octanol–water partition coefficient (Wildman–Crippen LogP) is 6.15. The van der Waals surface area contributed by atoms with E-state index in [1.54, 1.807) is 42.5 Å². The van der Waals surface area contributed by atoms with E-state index in [-0.39, 0.29) is 28.2 Å². The van der Waals surface area contributed by atoms with Crippen molar-refractivity contribution in [3.8, 4) is 5.75 Å². The molecule has 1 N–H and O–H groups in total. The molecule has 1 amide bonds. The van der Waals surface area contributed by atoms with E-state index in [1.165, 1.54) is 6.07 Å². The predicted molar refractivity (Wildman–Crippen MR) is 149 cm³/mol. The van der Waals surface area contributed by atoms with Gasteiger partial charge in [0.2, 0.25) is 5.78 Å². The number of thiocarbonyl (C=S) groups is 1. The van der Waals surface area contributed by atoms with Gasteiger partial charge in [-0.25, -0.2) is 4.79 Å². The van der Waals surface area contributed by atoms with Crippen LogP contribution < -0.4 is 4.74 Å². The quantitative estimate of drug-likeness (QED) is 0.187. The zero-order valence-electron chi connectivity index (χ0n) is 19.1. The first-order chi connectivity index (χ1) is 17.7. The molecular weight excluding hydrogens is 553 g/mol. The Kier molecular flexibility index (Phi) is 8.66. The van der Waals surface area contributed by atoms with Crippen LogP contribution in [0.5, 0.6) is 5.75 Å². The normalized spacial score (nSPS) is 15.2. The van der Waals surface area contributed by atoms with Crippen LogP contribution in [0.15, 0.2) is 77.7 Å². The van der Waals surface area contributed by atoms with Gasteiger partial charge in [-0.05, 0) is 47.5 Å². The fourth-order valence-corrected chi connectivity index (χ4v) is 5.50. The lowest BCUT2D eigenvalue weighted by molar-refractivity contribution is -0.145. The molecule has 10 heteroatoms. The Labute approximate surface area is 232 Å². The van der Waals surface area contributed by atoms with Gasteiger partial charge in [-0.2, -0.15) is 0 Å². The smallest absolute Gasteiger partial charge is 0.327 e. The number of halogens is 2. The molecule has 0 radical (unpaired) electrons. The molecule has 188 valence electrons. The van der Waals surface area contributed by atoms with Crippen LogP contribution in [0.1, 0.15) is 21.5 Å². The molecule has 0 bridgehead atoms. The summed E-state index contributed by atoms with van der Waals surface area (Å²) < 4.78 is 5.77. The molecule has 1 aliphatic rings. The van der Waals surface area contributed by atoms with Crippen LogP contribution in [0.4, 0.5) is 0 Å². The number of amides is 1. The number of rotatable bonds is 9. The van der Waals surface area contributed by atoms with Gasteiger partial charge in [-0.15, -0.1) is 0 Å². The monoisotopic (exact) mass is 571 g/mol. The second kappa shape index (κ2) is 11.9. The van der Waals surface area contributed by atoms with Crippen LogP contribution in [-0.2, 0) is 16.0 Å². The topological polar surface area (TPSA) is 83.9 Å². The van der Waals surface area contributed by atoms with Crippen molar-refractivity contribution in [3.05, 3.63) is 104 Å². The highest BCUT2D eigenvalue weighted by molar-refractivity contribution is 8.26. The lowest BCUT2D eigenvalue weighted by atomic mass is 10.0. The zero-order valence-corrected chi connectivity index (χ0v) is 22.2. The van der Waals surface area contributed by atoms with E-state index in [9.17, 15) is 19.5 Å². The van der Waals surface area contributed by atoms with Gasteiger partial charge >= 0.3 is 5.97 Å². The van der Waals surface area contributed by atoms with Crippen LogP contribution in [0.3, 0.4) is 0 Å². The molecule has 1 heterocycles. The van der Waals surface area contributed by atoms with E-state index in [1.807, 2.05) is 30.3 Å². The molecule has 1 aliphatic heterocycles. The van der Waals surface area contributed by atoms with E-state index in [2.05, 4.69) is 0 Å². The first-order valence-electron chi connectivity index (χ1n) is 11.0. The maximum Gasteiger partial charge on any atom is 0.327 e. The van der Waals surface area contributed by atoms with Crippen LogP contribution in [0, 0.1) is 0 Å². The standard InChI is InChI=1S/C27H19Cl2NO5S2/c28-18-8-11-20(21(29)14-18)23(31)15-35-19-9-6-17(7-10-19)13-24-25(32)30(27(36)37-24)22(26(33)34)12-16-4-2-1-3-5-16/h1-11,13-14,22H,12,15H2,(H,33,34)/b24-13-/t22-/m0/s1. The van der Waals surface area contributed by atoms with Crippen molar-refractivity contribution in [1.82, 2.24) is 4.90 Å². The van der Waals surface area contributed by atoms with E-state index < -0.39 is 17.9 Å². The van der Waals surface area contributed by atoms with Crippen molar-refractivity contribution < 1.29 is 24.2 Å². The van der Waals surface area contributed by atoms with Crippen LogP contribution in [0.25, 0.3) is 6.08 Å². The Morgan fingerprint density at radius 2 is 1.76 bits per heavy atom. The summed E-state index contributed by atoms with van der Waals surface area (Å²) in [5, 5.41) is 10.5. The lowest BCUT2D eigenvalue weighted by Crippen LogP contribution is -2.45. The van der Waals surface area contributed by atoms with Crippen molar-refractivity contribution in [2.24, 2.45) is 0 Å². The average Bonchev–Trinajstić information content (AvgIpc) is 3.14. The molecule has 3 aromatic rings.